The highest BCUT2D eigenvalue weighted by molar-refractivity contribution is 7.18. The zero-order valence-corrected chi connectivity index (χ0v) is 19.2. The molecule has 1 aliphatic rings. The molecule has 3 heterocycles. The molecule has 1 aliphatic heterocycles. The lowest BCUT2D eigenvalue weighted by Gasteiger charge is -2.16. The Morgan fingerprint density at radius 1 is 1.39 bits per heavy atom. The summed E-state index contributed by atoms with van der Waals surface area (Å²) >= 11 is 1.44. The molecule has 0 radical (unpaired) electrons. The number of carbonyl (C=O) groups excluding carboxylic acids is 1. The Bertz CT molecular complexity index is 1370. The number of benzene rings is 1. The molecule has 1 atom stereocenters. The van der Waals surface area contributed by atoms with Crippen molar-refractivity contribution in [3.05, 3.63) is 58.5 Å². The van der Waals surface area contributed by atoms with E-state index in [-0.39, 0.29) is 23.3 Å². The highest BCUT2D eigenvalue weighted by atomic mass is 32.1. The van der Waals surface area contributed by atoms with Gasteiger partial charge in [-0.2, -0.15) is 0 Å². The second-order valence-corrected chi connectivity index (χ2v) is 8.86. The van der Waals surface area contributed by atoms with Gasteiger partial charge in [0.2, 0.25) is 5.91 Å². The van der Waals surface area contributed by atoms with Crippen LogP contribution in [0.5, 0.6) is 0 Å². The van der Waals surface area contributed by atoms with Crippen LogP contribution in [0.2, 0.25) is 0 Å². The van der Waals surface area contributed by atoms with E-state index in [0.717, 1.165) is 16.1 Å². The summed E-state index contributed by atoms with van der Waals surface area (Å²) in [5, 5.41) is 0.864. The first-order valence-corrected chi connectivity index (χ1v) is 11.1. The van der Waals surface area contributed by atoms with Crippen molar-refractivity contribution in [3.8, 4) is 11.8 Å². The van der Waals surface area contributed by atoms with Gasteiger partial charge in [0.25, 0.3) is 0 Å². The van der Waals surface area contributed by atoms with Gasteiger partial charge in [0.1, 0.15) is 17.5 Å². The third kappa shape index (κ3) is 4.17. The number of amidine groups is 1. The van der Waals surface area contributed by atoms with Gasteiger partial charge in [0.15, 0.2) is 0 Å². The van der Waals surface area contributed by atoms with E-state index in [0.29, 0.717) is 35.6 Å². The van der Waals surface area contributed by atoms with Crippen molar-refractivity contribution >= 4 is 45.8 Å². The molecule has 33 heavy (non-hydrogen) atoms. The topological polar surface area (TPSA) is 88.9 Å². The minimum Gasteiger partial charge on any atom is -0.383 e. The largest absolute Gasteiger partial charge is 0.383 e. The maximum absolute atomic E-state index is 14.7. The van der Waals surface area contributed by atoms with E-state index in [9.17, 15) is 9.18 Å². The first-order valence-electron chi connectivity index (χ1n) is 10.3. The zero-order chi connectivity index (χ0) is 23.7. The summed E-state index contributed by atoms with van der Waals surface area (Å²) in [7, 11) is 1.58. The minimum absolute atomic E-state index is 0.0283. The highest BCUT2D eigenvalue weighted by Crippen LogP contribution is 2.33. The molecule has 1 saturated heterocycles. The smallest absolute Gasteiger partial charge is 0.246 e. The van der Waals surface area contributed by atoms with E-state index in [1.165, 1.54) is 23.5 Å². The molecule has 9 heteroatoms. The van der Waals surface area contributed by atoms with Gasteiger partial charge in [-0.25, -0.2) is 14.4 Å². The number of aliphatic imine (C=N–C) groups is 2. The fourth-order valence-electron chi connectivity index (χ4n) is 4.01. The Morgan fingerprint density at radius 3 is 2.85 bits per heavy atom. The molecule has 7 nitrogen and oxygen atoms in total. The van der Waals surface area contributed by atoms with Gasteiger partial charge in [-0.15, -0.1) is 11.3 Å². The highest BCUT2D eigenvalue weighted by Gasteiger charge is 2.29. The molecule has 2 aromatic heterocycles. The van der Waals surface area contributed by atoms with Gasteiger partial charge in [-0.05, 0) is 38.3 Å². The quantitative estimate of drug-likeness (QED) is 0.278. The van der Waals surface area contributed by atoms with Gasteiger partial charge in [-0.1, -0.05) is 18.4 Å². The number of amides is 1. The predicted octanol–water partition coefficient (Wildman–Crippen LogP) is 3.57. The summed E-state index contributed by atoms with van der Waals surface area (Å²) in [5.74, 6) is 6.21. The van der Waals surface area contributed by atoms with Crippen LogP contribution >= 0.6 is 11.3 Å². The molecule has 0 unspecified atom stereocenters. The minimum atomic E-state index is -0.409. The van der Waals surface area contributed by atoms with Crippen LogP contribution in [0.15, 0.2) is 41.0 Å². The van der Waals surface area contributed by atoms with Gasteiger partial charge >= 0.3 is 0 Å². The van der Waals surface area contributed by atoms with Crippen molar-refractivity contribution in [2.75, 3.05) is 20.1 Å². The number of hydrogen-bond acceptors (Lipinski definition) is 5. The van der Waals surface area contributed by atoms with E-state index >= 15 is 0 Å². The Labute approximate surface area is 195 Å². The van der Waals surface area contributed by atoms with Crippen LogP contribution in [0.1, 0.15) is 34.2 Å². The lowest BCUT2D eigenvalue weighted by molar-refractivity contribution is -0.125. The molecule has 0 spiro atoms. The molecule has 0 aliphatic carbocycles. The molecular weight excluding hydrogens is 439 g/mol. The maximum atomic E-state index is 14.7. The zero-order valence-electron chi connectivity index (χ0n) is 18.4. The third-order valence-corrected chi connectivity index (χ3v) is 6.55. The normalized spacial score (nSPS) is 16.0. The molecule has 168 valence electrons. The molecule has 1 fully saturated rings. The summed E-state index contributed by atoms with van der Waals surface area (Å²) in [6.45, 7) is 10.3. The van der Waals surface area contributed by atoms with Gasteiger partial charge < -0.3 is 15.2 Å². The molecule has 2 N–H and O–H groups in total. The Kier molecular flexibility index (Phi) is 6.11. The van der Waals surface area contributed by atoms with E-state index in [2.05, 4.69) is 40.1 Å². The SMILES string of the molecule is C=CC(=O)N1CC[C@H](n2cc(C#Cc3cc4nc(C)sc4cc3F)c(/C(N)=N\C)c2N=C)C1. The van der Waals surface area contributed by atoms with Crippen LogP contribution in [0.25, 0.3) is 10.2 Å². The Hall–Kier alpha value is -3.77. The fourth-order valence-corrected chi connectivity index (χ4v) is 4.84. The van der Waals surface area contributed by atoms with Crippen LogP contribution in [-0.4, -0.2) is 53.0 Å². The number of thiazole rings is 1. The van der Waals surface area contributed by atoms with Gasteiger partial charge in [0, 0.05) is 26.3 Å². The van der Waals surface area contributed by atoms with Crippen molar-refractivity contribution < 1.29 is 9.18 Å². The van der Waals surface area contributed by atoms with Crippen LogP contribution in [0, 0.1) is 24.6 Å². The standard InChI is InChI=1S/C24H23FN6OS/c1-5-21(32)30-9-8-17(13-30)31-12-16(22(23(26)27-3)24(31)28-4)7-6-15-10-19-20(11-18(15)25)33-14(2)29-19/h5,10-12,17H,1,4,8-9,13H2,2-3H3,(H2,26,27)/t17-/m0/s1. The summed E-state index contributed by atoms with van der Waals surface area (Å²) in [6, 6.07) is 3.08. The summed E-state index contributed by atoms with van der Waals surface area (Å²) < 4.78 is 17.4. The first-order chi connectivity index (χ1) is 15.9. The molecule has 3 aromatic rings. The Morgan fingerprint density at radius 2 is 2.15 bits per heavy atom. The second kappa shape index (κ2) is 9.00. The predicted molar refractivity (Wildman–Crippen MR) is 131 cm³/mol. The monoisotopic (exact) mass is 462 g/mol. The lowest BCUT2D eigenvalue weighted by atomic mass is 10.1. The first kappa shape index (κ1) is 22.4. The van der Waals surface area contributed by atoms with E-state index in [1.54, 1.807) is 18.0 Å². The summed E-state index contributed by atoms with van der Waals surface area (Å²) in [4.78, 5) is 26.5. The van der Waals surface area contributed by atoms with Crippen LogP contribution < -0.4 is 5.73 Å². The molecule has 0 bridgehead atoms. The van der Waals surface area contributed by atoms with E-state index < -0.39 is 5.82 Å². The van der Waals surface area contributed by atoms with Crippen molar-refractivity contribution in [2.24, 2.45) is 15.7 Å². The Balaban J connectivity index is 1.78. The molecule has 0 saturated carbocycles. The number of carbonyl (C=O) groups is 1. The van der Waals surface area contributed by atoms with Crippen molar-refractivity contribution in [1.82, 2.24) is 14.5 Å². The summed E-state index contributed by atoms with van der Waals surface area (Å²) in [6.07, 6.45) is 3.87. The van der Waals surface area contributed by atoms with Crippen molar-refractivity contribution in [1.29, 1.82) is 0 Å². The molecule has 4 rings (SSSR count). The molecular formula is C24H23FN6OS. The number of aromatic nitrogens is 2. The molecule has 1 aromatic carbocycles. The van der Waals surface area contributed by atoms with Crippen molar-refractivity contribution in [2.45, 2.75) is 19.4 Å². The number of nitrogens with zero attached hydrogens (tertiary/aromatic N) is 5. The number of halogens is 1. The number of hydrogen-bond donors (Lipinski definition) is 1. The third-order valence-electron chi connectivity index (χ3n) is 5.61. The maximum Gasteiger partial charge on any atom is 0.246 e. The number of nitrogens with two attached hydrogens (primary N) is 1. The fraction of sp³-hybridized carbons (Fsp3) is 0.250. The van der Waals surface area contributed by atoms with E-state index in [4.69, 9.17) is 5.73 Å². The van der Waals surface area contributed by atoms with Gasteiger partial charge in [-0.3, -0.25) is 9.79 Å². The van der Waals surface area contributed by atoms with Crippen molar-refractivity contribution in [3.63, 3.8) is 0 Å². The number of likely N-dealkylation sites (tertiary alicyclic amines) is 1. The van der Waals surface area contributed by atoms with E-state index in [1.807, 2.05) is 17.7 Å². The second-order valence-electron chi connectivity index (χ2n) is 7.63. The summed E-state index contributed by atoms with van der Waals surface area (Å²) in [5.41, 5.74) is 8.23. The van der Waals surface area contributed by atoms with Crippen LogP contribution in [0.3, 0.4) is 0 Å². The van der Waals surface area contributed by atoms with Gasteiger partial charge in [0.05, 0.1) is 38.0 Å². The lowest BCUT2D eigenvalue weighted by Crippen LogP contribution is -2.27. The van der Waals surface area contributed by atoms with Crippen LogP contribution in [-0.2, 0) is 4.79 Å². The number of fused-ring (bicyclic) bond motifs is 1. The average molecular weight is 463 g/mol. The van der Waals surface area contributed by atoms with Crippen LogP contribution in [0.4, 0.5) is 10.2 Å². The average Bonchev–Trinajstić information content (AvgIpc) is 3.51. The molecule has 1 amide bonds. The number of aryl methyl sites for hydroxylation is 1. The number of rotatable bonds is 4.